The number of halogens is 1. The SMILES string of the molecule is CCOC1CC(Nc2ccc(F)cc2C#N)C1OC. The van der Waals surface area contributed by atoms with Gasteiger partial charge in [-0.2, -0.15) is 5.26 Å². The zero-order chi connectivity index (χ0) is 13.8. The van der Waals surface area contributed by atoms with Gasteiger partial charge in [0.25, 0.3) is 0 Å². The fourth-order valence-electron chi connectivity index (χ4n) is 2.35. The molecule has 1 saturated carbocycles. The van der Waals surface area contributed by atoms with Gasteiger partial charge in [0.1, 0.15) is 18.0 Å². The van der Waals surface area contributed by atoms with Crippen molar-refractivity contribution in [2.45, 2.75) is 31.6 Å². The zero-order valence-electron chi connectivity index (χ0n) is 11.0. The maximum absolute atomic E-state index is 13.0. The number of anilines is 1. The molecule has 1 fully saturated rings. The molecule has 3 atom stereocenters. The van der Waals surface area contributed by atoms with Crippen LogP contribution in [0, 0.1) is 17.1 Å². The number of benzene rings is 1. The Labute approximate surface area is 112 Å². The van der Waals surface area contributed by atoms with Gasteiger partial charge in [-0.3, -0.25) is 0 Å². The summed E-state index contributed by atoms with van der Waals surface area (Å²) >= 11 is 0. The molecule has 1 N–H and O–H groups in total. The first-order valence-electron chi connectivity index (χ1n) is 6.30. The fourth-order valence-corrected chi connectivity index (χ4v) is 2.35. The Bertz CT molecular complexity index is 487. The molecule has 0 radical (unpaired) electrons. The third kappa shape index (κ3) is 2.86. The topological polar surface area (TPSA) is 54.3 Å². The number of hydrogen-bond donors (Lipinski definition) is 1. The molecule has 1 aliphatic rings. The van der Waals surface area contributed by atoms with E-state index in [9.17, 15) is 4.39 Å². The van der Waals surface area contributed by atoms with Crippen molar-refractivity contribution in [1.29, 1.82) is 5.26 Å². The molecule has 3 unspecified atom stereocenters. The lowest BCUT2D eigenvalue weighted by Gasteiger charge is -2.43. The Hall–Kier alpha value is -1.64. The molecule has 0 aromatic heterocycles. The van der Waals surface area contributed by atoms with Crippen molar-refractivity contribution >= 4 is 5.69 Å². The molecule has 102 valence electrons. The van der Waals surface area contributed by atoms with Crippen LogP contribution in [0.3, 0.4) is 0 Å². The molecule has 19 heavy (non-hydrogen) atoms. The van der Waals surface area contributed by atoms with Gasteiger partial charge < -0.3 is 14.8 Å². The van der Waals surface area contributed by atoms with Gasteiger partial charge in [0.15, 0.2) is 0 Å². The molecule has 1 aromatic carbocycles. The van der Waals surface area contributed by atoms with Crippen molar-refractivity contribution in [2.24, 2.45) is 0 Å². The highest BCUT2D eigenvalue weighted by atomic mass is 19.1. The van der Waals surface area contributed by atoms with Crippen molar-refractivity contribution in [3.8, 4) is 6.07 Å². The summed E-state index contributed by atoms with van der Waals surface area (Å²) in [5.41, 5.74) is 0.931. The number of rotatable bonds is 5. The molecular formula is C14H17FN2O2. The normalized spacial score (nSPS) is 25.5. The van der Waals surface area contributed by atoms with Crippen molar-refractivity contribution < 1.29 is 13.9 Å². The second-order valence-corrected chi connectivity index (χ2v) is 4.48. The number of nitrogens with one attached hydrogen (secondary N) is 1. The lowest BCUT2D eigenvalue weighted by atomic mass is 9.85. The van der Waals surface area contributed by atoms with Crippen LogP contribution in [-0.2, 0) is 9.47 Å². The van der Waals surface area contributed by atoms with Crippen LogP contribution in [0.5, 0.6) is 0 Å². The summed E-state index contributed by atoms with van der Waals surface area (Å²) < 4.78 is 24.0. The molecule has 4 nitrogen and oxygen atoms in total. The lowest BCUT2D eigenvalue weighted by molar-refractivity contribution is -0.118. The van der Waals surface area contributed by atoms with Crippen molar-refractivity contribution in [1.82, 2.24) is 0 Å². The van der Waals surface area contributed by atoms with Crippen LogP contribution in [0.1, 0.15) is 18.9 Å². The average Bonchev–Trinajstić information content (AvgIpc) is 2.39. The predicted octanol–water partition coefficient (Wildman–Crippen LogP) is 2.30. The number of nitrogens with zero attached hydrogens (tertiary/aromatic N) is 1. The van der Waals surface area contributed by atoms with E-state index in [4.69, 9.17) is 14.7 Å². The average molecular weight is 264 g/mol. The van der Waals surface area contributed by atoms with E-state index in [-0.39, 0.29) is 18.2 Å². The number of ether oxygens (including phenoxy) is 2. The maximum atomic E-state index is 13.0. The summed E-state index contributed by atoms with van der Waals surface area (Å²) in [5, 5.41) is 12.2. The summed E-state index contributed by atoms with van der Waals surface area (Å²) in [6.45, 7) is 2.60. The van der Waals surface area contributed by atoms with Crippen LogP contribution in [0.4, 0.5) is 10.1 Å². The van der Waals surface area contributed by atoms with Crippen LogP contribution < -0.4 is 5.32 Å². The molecule has 5 heteroatoms. The second kappa shape index (κ2) is 6.00. The molecule has 0 spiro atoms. The van der Waals surface area contributed by atoms with Crippen LogP contribution in [-0.4, -0.2) is 32.0 Å². The second-order valence-electron chi connectivity index (χ2n) is 4.48. The van der Waals surface area contributed by atoms with Gasteiger partial charge in [-0.05, 0) is 31.5 Å². The fraction of sp³-hybridized carbons (Fsp3) is 0.500. The van der Waals surface area contributed by atoms with Crippen LogP contribution in [0.25, 0.3) is 0 Å². The largest absolute Gasteiger partial charge is 0.378 e. The van der Waals surface area contributed by atoms with Gasteiger partial charge in [-0.15, -0.1) is 0 Å². The van der Waals surface area contributed by atoms with Crippen molar-refractivity contribution in [3.63, 3.8) is 0 Å². The Balaban J connectivity index is 2.05. The predicted molar refractivity (Wildman–Crippen MR) is 69.4 cm³/mol. The van der Waals surface area contributed by atoms with Crippen LogP contribution >= 0.6 is 0 Å². The van der Waals surface area contributed by atoms with E-state index < -0.39 is 5.82 Å². The van der Waals surface area contributed by atoms with Crippen molar-refractivity contribution in [2.75, 3.05) is 19.0 Å². The first-order chi connectivity index (χ1) is 9.19. The Morgan fingerprint density at radius 2 is 2.32 bits per heavy atom. The molecule has 0 amide bonds. The van der Waals surface area contributed by atoms with E-state index in [1.54, 1.807) is 13.2 Å². The quantitative estimate of drug-likeness (QED) is 0.886. The first-order valence-corrected chi connectivity index (χ1v) is 6.30. The molecular weight excluding hydrogens is 247 g/mol. The third-order valence-electron chi connectivity index (χ3n) is 3.35. The third-order valence-corrected chi connectivity index (χ3v) is 3.35. The van der Waals surface area contributed by atoms with Gasteiger partial charge in [0, 0.05) is 13.7 Å². The van der Waals surface area contributed by atoms with Crippen LogP contribution in [0.15, 0.2) is 18.2 Å². The molecule has 0 saturated heterocycles. The van der Waals surface area contributed by atoms with E-state index in [1.165, 1.54) is 12.1 Å². The van der Waals surface area contributed by atoms with Crippen molar-refractivity contribution in [3.05, 3.63) is 29.6 Å². The summed E-state index contributed by atoms with van der Waals surface area (Å²) in [7, 11) is 1.64. The van der Waals surface area contributed by atoms with Gasteiger partial charge in [0.05, 0.1) is 23.4 Å². The minimum atomic E-state index is -0.411. The summed E-state index contributed by atoms with van der Waals surface area (Å²) in [6.07, 6.45) is 0.851. The number of nitriles is 1. The highest BCUT2D eigenvalue weighted by molar-refractivity contribution is 5.58. The van der Waals surface area contributed by atoms with Gasteiger partial charge >= 0.3 is 0 Å². The van der Waals surface area contributed by atoms with E-state index in [1.807, 2.05) is 13.0 Å². The molecule has 0 heterocycles. The van der Waals surface area contributed by atoms with Gasteiger partial charge in [-0.1, -0.05) is 0 Å². The Kier molecular flexibility index (Phi) is 4.35. The molecule has 1 aliphatic carbocycles. The first kappa shape index (κ1) is 13.8. The lowest BCUT2D eigenvalue weighted by Crippen LogP contribution is -2.56. The standard InChI is InChI=1S/C14H17FN2O2/c1-3-19-13-7-12(14(13)18-2)17-11-5-4-10(15)6-9(11)8-16/h4-6,12-14,17H,3,7H2,1-2H3. The van der Waals surface area contributed by atoms with E-state index in [2.05, 4.69) is 5.32 Å². The number of hydrogen-bond acceptors (Lipinski definition) is 4. The summed E-state index contributed by atoms with van der Waals surface area (Å²) in [6, 6.07) is 6.21. The minimum Gasteiger partial charge on any atom is -0.378 e. The van der Waals surface area contributed by atoms with E-state index >= 15 is 0 Å². The Morgan fingerprint density at radius 3 is 2.95 bits per heavy atom. The van der Waals surface area contributed by atoms with E-state index in [0.717, 1.165) is 6.42 Å². The Morgan fingerprint density at radius 1 is 1.53 bits per heavy atom. The summed E-state index contributed by atoms with van der Waals surface area (Å²) in [4.78, 5) is 0. The molecule has 0 bridgehead atoms. The number of methoxy groups -OCH3 is 1. The van der Waals surface area contributed by atoms with Gasteiger partial charge in [-0.25, -0.2) is 4.39 Å². The minimum absolute atomic E-state index is 0.0449. The highest BCUT2D eigenvalue weighted by Gasteiger charge is 2.42. The smallest absolute Gasteiger partial charge is 0.124 e. The zero-order valence-corrected chi connectivity index (χ0v) is 11.0. The highest BCUT2D eigenvalue weighted by Crippen LogP contribution is 2.30. The van der Waals surface area contributed by atoms with Gasteiger partial charge in [0.2, 0.25) is 0 Å². The molecule has 2 rings (SSSR count). The molecule has 0 aliphatic heterocycles. The molecule has 1 aromatic rings. The summed E-state index contributed by atoms with van der Waals surface area (Å²) in [5.74, 6) is -0.411. The monoisotopic (exact) mass is 264 g/mol. The van der Waals surface area contributed by atoms with E-state index in [0.29, 0.717) is 17.9 Å². The van der Waals surface area contributed by atoms with Crippen LogP contribution in [0.2, 0.25) is 0 Å². The maximum Gasteiger partial charge on any atom is 0.124 e.